The van der Waals surface area contributed by atoms with Crippen LogP contribution in [-0.4, -0.2) is 50.8 Å². The fraction of sp³-hybridized carbons (Fsp3) is 0.364. The van der Waals surface area contributed by atoms with E-state index in [0.717, 1.165) is 11.6 Å². The molecule has 0 N–H and O–H groups in total. The highest BCUT2D eigenvalue weighted by atomic mass is 35.5. The largest absolute Gasteiger partial charge is 0.417 e. The lowest BCUT2D eigenvalue weighted by molar-refractivity contribution is -0.137. The molecule has 1 aliphatic heterocycles. The van der Waals surface area contributed by atoms with Gasteiger partial charge in [0.25, 0.3) is 5.91 Å². The zero-order valence-corrected chi connectivity index (χ0v) is 18.7. The van der Waals surface area contributed by atoms with Crippen LogP contribution in [0.2, 0.25) is 5.02 Å². The van der Waals surface area contributed by atoms with E-state index in [9.17, 15) is 18.0 Å². The van der Waals surface area contributed by atoms with Crippen molar-refractivity contribution in [3.8, 4) is 11.4 Å². The molecule has 0 saturated heterocycles. The third-order valence-corrected chi connectivity index (χ3v) is 5.81. The predicted molar refractivity (Wildman–Crippen MR) is 115 cm³/mol. The molecule has 0 bridgehead atoms. The van der Waals surface area contributed by atoms with Crippen LogP contribution in [0.5, 0.6) is 0 Å². The van der Waals surface area contributed by atoms with E-state index in [1.165, 1.54) is 17.0 Å². The first kappa shape index (κ1) is 23.2. The SMILES string of the molecule is COCCn1ccc(-c2nc(C)nc3c2CCN(C(=O)c2cccc(C(F)(F)F)c2Cl)C3)n1. The van der Waals surface area contributed by atoms with Crippen molar-refractivity contribution in [2.45, 2.75) is 32.6 Å². The Morgan fingerprint density at radius 3 is 2.76 bits per heavy atom. The van der Waals surface area contributed by atoms with Crippen molar-refractivity contribution in [1.82, 2.24) is 24.6 Å². The molecule has 0 spiro atoms. The van der Waals surface area contributed by atoms with E-state index in [1.807, 2.05) is 12.3 Å². The summed E-state index contributed by atoms with van der Waals surface area (Å²) in [6.45, 7) is 3.31. The van der Waals surface area contributed by atoms with Gasteiger partial charge in [0.15, 0.2) is 0 Å². The van der Waals surface area contributed by atoms with Gasteiger partial charge in [0.05, 0.1) is 47.2 Å². The average molecular weight is 480 g/mol. The molecule has 7 nitrogen and oxygen atoms in total. The maximum atomic E-state index is 13.2. The molecule has 0 fully saturated rings. The first-order valence-electron chi connectivity index (χ1n) is 10.2. The van der Waals surface area contributed by atoms with Crippen LogP contribution in [0.1, 0.15) is 33.0 Å². The topological polar surface area (TPSA) is 73.1 Å². The number of alkyl halides is 3. The average Bonchev–Trinajstić information content (AvgIpc) is 3.24. The van der Waals surface area contributed by atoms with E-state index in [0.29, 0.717) is 49.0 Å². The minimum atomic E-state index is -4.65. The van der Waals surface area contributed by atoms with E-state index in [1.54, 1.807) is 18.7 Å². The smallest absolute Gasteiger partial charge is 0.383 e. The predicted octanol–water partition coefficient (Wildman–Crippen LogP) is 4.17. The fourth-order valence-corrected chi connectivity index (χ4v) is 4.14. The summed E-state index contributed by atoms with van der Waals surface area (Å²) in [5, 5.41) is 3.96. The molecule has 3 heterocycles. The maximum Gasteiger partial charge on any atom is 0.417 e. The highest BCUT2D eigenvalue weighted by Gasteiger charge is 2.36. The van der Waals surface area contributed by atoms with Gasteiger partial charge < -0.3 is 9.64 Å². The van der Waals surface area contributed by atoms with Gasteiger partial charge in [0.1, 0.15) is 11.5 Å². The van der Waals surface area contributed by atoms with Gasteiger partial charge in [-0.1, -0.05) is 17.7 Å². The molecule has 0 unspecified atom stereocenters. The Hall–Kier alpha value is -2.98. The van der Waals surface area contributed by atoms with Crippen molar-refractivity contribution in [2.24, 2.45) is 0 Å². The van der Waals surface area contributed by atoms with Crippen molar-refractivity contribution in [3.63, 3.8) is 0 Å². The summed E-state index contributed by atoms with van der Waals surface area (Å²) in [6.07, 6.45) is -2.36. The number of benzene rings is 1. The number of ether oxygens (including phenoxy) is 1. The lowest BCUT2D eigenvalue weighted by Gasteiger charge is -2.29. The number of carbonyl (C=O) groups is 1. The van der Waals surface area contributed by atoms with Crippen molar-refractivity contribution in [3.05, 3.63) is 63.7 Å². The molecule has 0 atom stereocenters. The van der Waals surface area contributed by atoms with Crippen molar-refractivity contribution < 1.29 is 22.7 Å². The molecule has 174 valence electrons. The third kappa shape index (κ3) is 4.72. The van der Waals surface area contributed by atoms with Crippen LogP contribution >= 0.6 is 11.6 Å². The standard InChI is InChI=1S/C22H21ClF3N5O2/c1-13-27-18-12-30(21(32)15-4-3-5-16(19(15)23)22(24,25)26)8-6-14(18)20(28-13)17-7-9-31(29-17)10-11-33-2/h3-5,7,9H,6,8,10-12H2,1-2H3. The molecular weight excluding hydrogens is 459 g/mol. The summed E-state index contributed by atoms with van der Waals surface area (Å²) in [4.78, 5) is 23.6. The van der Waals surface area contributed by atoms with Gasteiger partial charge in [0.2, 0.25) is 0 Å². The van der Waals surface area contributed by atoms with Gasteiger partial charge in [-0.15, -0.1) is 0 Å². The van der Waals surface area contributed by atoms with Gasteiger partial charge in [-0.05, 0) is 31.5 Å². The Kier molecular flexibility index (Phi) is 6.40. The number of rotatable bonds is 5. The first-order valence-corrected chi connectivity index (χ1v) is 10.6. The third-order valence-electron chi connectivity index (χ3n) is 5.41. The van der Waals surface area contributed by atoms with Crippen LogP contribution in [0, 0.1) is 6.92 Å². The highest BCUT2D eigenvalue weighted by Crippen LogP contribution is 2.37. The first-order chi connectivity index (χ1) is 15.7. The summed E-state index contributed by atoms with van der Waals surface area (Å²) in [6, 6.07) is 5.21. The minimum Gasteiger partial charge on any atom is -0.383 e. The van der Waals surface area contributed by atoms with Crippen LogP contribution in [-0.2, 0) is 30.4 Å². The number of fused-ring (bicyclic) bond motifs is 1. The van der Waals surface area contributed by atoms with Crippen molar-refractivity contribution in [1.29, 1.82) is 0 Å². The Morgan fingerprint density at radius 1 is 1.24 bits per heavy atom. The molecule has 11 heteroatoms. The number of halogens is 4. The highest BCUT2D eigenvalue weighted by molar-refractivity contribution is 6.34. The Bertz CT molecular complexity index is 1200. The number of methoxy groups -OCH3 is 1. The summed E-state index contributed by atoms with van der Waals surface area (Å²) in [7, 11) is 1.62. The van der Waals surface area contributed by atoms with Gasteiger partial charge in [-0.3, -0.25) is 9.48 Å². The molecule has 0 radical (unpaired) electrons. The van der Waals surface area contributed by atoms with Crippen LogP contribution in [0.25, 0.3) is 11.4 Å². The zero-order valence-electron chi connectivity index (χ0n) is 18.0. The minimum absolute atomic E-state index is 0.140. The zero-order chi connectivity index (χ0) is 23.8. The van der Waals surface area contributed by atoms with Crippen LogP contribution < -0.4 is 0 Å². The fourth-order valence-electron chi connectivity index (χ4n) is 3.82. The van der Waals surface area contributed by atoms with E-state index >= 15 is 0 Å². The molecule has 33 heavy (non-hydrogen) atoms. The van der Waals surface area contributed by atoms with Gasteiger partial charge in [-0.2, -0.15) is 18.3 Å². The number of amides is 1. The number of hydrogen-bond acceptors (Lipinski definition) is 5. The second-order valence-corrected chi connectivity index (χ2v) is 8.02. The normalized spacial score (nSPS) is 13.8. The van der Waals surface area contributed by atoms with Gasteiger partial charge in [-0.25, -0.2) is 9.97 Å². The Morgan fingerprint density at radius 2 is 2.03 bits per heavy atom. The molecule has 2 aromatic heterocycles. The van der Waals surface area contributed by atoms with Crippen molar-refractivity contribution >= 4 is 17.5 Å². The van der Waals surface area contributed by atoms with E-state index in [2.05, 4.69) is 15.1 Å². The Labute approximate surface area is 193 Å². The number of aryl methyl sites for hydroxylation is 1. The second kappa shape index (κ2) is 9.11. The van der Waals surface area contributed by atoms with Gasteiger partial charge in [0, 0.05) is 25.4 Å². The molecule has 3 aromatic rings. The number of nitrogens with zero attached hydrogens (tertiary/aromatic N) is 5. The molecule has 0 saturated carbocycles. The van der Waals surface area contributed by atoms with Crippen LogP contribution in [0.4, 0.5) is 13.2 Å². The lowest BCUT2D eigenvalue weighted by atomic mass is 10.00. The number of carbonyl (C=O) groups excluding carboxylic acids is 1. The molecule has 1 aromatic carbocycles. The molecule has 1 aliphatic rings. The second-order valence-electron chi connectivity index (χ2n) is 7.64. The maximum absolute atomic E-state index is 13.2. The Balaban J connectivity index is 1.62. The van der Waals surface area contributed by atoms with Crippen LogP contribution in [0.15, 0.2) is 30.5 Å². The lowest BCUT2D eigenvalue weighted by Crippen LogP contribution is -2.37. The summed E-state index contributed by atoms with van der Waals surface area (Å²) in [5.74, 6) is -0.0556. The van der Waals surface area contributed by atoms with Crippen LogP contribution in [0.3, 0.4) is 0 Å². The molecule has 1 amide bonds. The van der Waals surface area contributed by atoms with Gasteiger partial charge >= 0.3 is 6.18 Å². The molecular formula is C22H21ClF3N5O2. The number of aromatic nitrogens is 4. The summed E-state index contributed by atoms with van der Waals surface area (Å²) >= 11 is 5.96. The quantitative estimate of drug-likeness (QED) is 0.549. The summed E-state index contributed by atoms with van der Waals surface area (Å²) in [5.41, 5.74) is 1.68. The molecule has 0 aliphatic carbocycles. The van der Waals surface area contributed by atoms with E-state index in [4.69, 9.17) is 16.3 Å². The van der Waals surface area contributed by atoms with Crippen molar-refractivity contribution in [2.75, 3.05) is 20.3 Å². The van der Waals surface area contributed by atoms with E-state index < -0.39 is 22.7 Å². The monoisotopic (exact) mass is 479 g/mol. The van der Waals surface area contributed by atoms with E-state index in [-0.39, 0.29) is 12.1 Å². The molecule has 4 rings (SSSR count). The summed E-state index contributed by atoms with van der Waals surface area (Å²) < 4.78 is 46.5. The number of hydrogen-bond donors (Lipinski definition) is 0.